The predicted molar refractivity (Wildman–Crippen MR) is 80.4 cm³/mol. The second kappa shape index (κ2) is 5.77. The highest BCUT2D eigenvalue weighted by atomic mass is 16.5. The van der Waals surface area contributed by atoms with E-state index in [1.807, 2.05) is 0 Å². The lowest BCUT2D eigenvalue weighted by Gasteiger charge is -2.23. The number of aryl methyl sites for hydroxylation is 1. The number of amides is 1. The Labute approximate surface area is 131 Å². The van der Waals surface area contributed by atoms with Crippen LogP contribution in [0, 0.1) is 0 Å². The number of hydrogen-bond donors (Lipinski definition) is 3. The van der Waals surface area contributed by atoms with Crippen molar-refractivity contribution in [1.82, 2.24) is 9.78 Å². The monoisotopic (exact) mass is 315 g/mol. The van der Waals surface area contributed by atoms with Gasteiger partial charge in [-0.2, -0.15) is 5.10 Å². The van der Waals surface area contributed by atoms with Crippen LogP contribution < -0.4 is 10.4 Å². The molecule has 23 heavy (non-hydrogen) atoms. The summed E-state index contributed by atoms with van der Waals surface area (Å²) in [6.07, 6.45) is 2.51. The molecule has 0 radical (unpaired) electrons. The Morgan fingerprint density at radius 2 is 2.17 bits per heavy atom. The summed E-state index contributed by atoms with van der Waals surface area (Å²) >= 11 is 0. The van der Waals surface area contributed by atoms with Crippen LogP contribution in [0.2, 0.25) is 6.32 Å². The van der Waals surface area contributed by atoms with Crippen LogP contribution in [0.15, 0.2) is 24.4 Å². The molecule has 4 N–H and O–H groups in total. The van der Waals surface area contributed by atoms with Gasteiger partial charge in [0.2, 0.25) is 0 Å². The first kappa shape index (κ1) is 15.1. The molecule has 2 heterocycles. The van der Waals surface area contributed by atoms with Crippen molar-refractivity contribution in [3.05, 3.63) is 46.8 Å². The quantitative estimate of drug-likeness (QED) is 0.689. The highest BCUT2D eigenvalue weighted by Gasteiger charge is 2.29. The smallest absolute Gasteiger partial charge is 0.522 e. The number of aromatic nitrogens is 2. The number of aromatic carboxylic acids is 1. The van der Waals surface area contributed by atoms with E-state index in [0.717, 1.165) is 5.56 Å². The maximum absolute atomic E-state index is 11.6. The largest absolute Gasteiger partial charge is 0.535 e. The summed E-state index contributed by atoms with van der Waals surface area (Å²) in [4.78, 5) is 22.7. The Morgan fingerprint density at radius 1 is 1.39 bits per heavy atom. The van der Waals surface area contributed by atoms with Crippen LogP contribution in [0.25, 0.3) is 0 Å². The van der Waals surface area contributed by atoms with Crippen molar-refractivity contribution in [1.29, 1.82) is 0 Å². The van der Waals surface area contributed by atoms with Crippen LogP contribution in [0.3, 0.4) is 0 Å². The topological polar surface area (TPSA) is 128 Å². The van der Waals surface area contributed by atoms with E-state index < -0.39 is 19.0 Å². The van der Waals surface area contributed by atoms with Gasteiger partial charge in [-0.3, -0.25) is 9.48 Å². The zero-order valence-corrected chi connectivity index (χ0v) is 12.1. The lowest BCUT2D eigenvalue weighted by molar-refractivity contribution is 0.0692. The van der Waals surface area contributed by atoms with E-state index in [1.54, 1.807) is 18.3 Å². The van der Waals surface area contributed by atoms with Crippen molar-refractivity contribution in [3.63, 3.8) is 0 Å². The molecule has 118 valence electrons. The van der Waals surface area contributed by atoms with Crippen molar-refractivity contribution in [2.24, 2.45) is 5.73 Å². The first-order valence-electron chi connectivity index (χ1n) is 7.01. The number of carbonyl (C=O) groups is 2. The molecule has 0 saturated heterocycles. The Morgan fingerprint density at radius 3 is 2.83 bits per heavy atom. The van der Waals surface area contributed by atoms with Gasteiger partial charge in [0.05, 0.1) is 6.54 Å². The van der Waals surface area contributed by atoms with Crippen molar-refractivity contribution >= 4 is 19.0 Å². The van der Waals surface area contributed by atoms with Crippen LogP contribution in [0.1, 0.15) is 32.0 Å². The van der Waals surface area contributed by atoms with Gasteiger partial charge in [0, 0.05) is 6.20 Å². The number of carbonyl (C=O) groups excluding carboxylic acids is 1. The maximum atomic E-state index is 11.6. The van der Waals surface area contributed by atoms with E-state index in [9.17, 15) is 19.7 Å². The number of carboxylic acid groups (broad SMARTS) is 1. The first-order chi connectivity index (χ1) is 11.0. The molecule has 0 saturated carbocycles. The summed E-state index contributed by atoms with van der Waals surface area (Å²) in [7, 11) is -1.01. The van der Waals surface area contributed by atoms with Crippen molar-refractivity contribution in [3.8, 4) is 5.75 Å². The molecular formula is C14H14BN3O5. The number of rotatable bonds is 4. The minimum atomic E-state index is -1.15. The Kier molecular flexibility index (Phi) is 3.79. The van der Waals surface area contributed by atoms with E-state index in [4.69, 9.17) is 10.4 Å². The Bertz CT molecular complexity index is 789. The minimum absolute atomic E-state index is 0.00243. The number of hydrogen-bond acceptors (Lipinski definition) is 5. The van der Waals surface area contributed by atoms with Gasteiger partial charge < -0.3 is 20.5 Å². The van der Waals surface area contributed by atoms with E-state index >= 15 is 0 Å². The molecule has 1 aromatic heterocycles. The number of fused-ring (bicyclic) bond motifs is 1. The SMILES string of the molecule is NC(=O)c1ccn(Cc2ccc3c(c2C(=O)O)OB(O)CC3)n1. The predicted octanol–water partition coefficient (Wildman–Crippen LogP) is 0.144. The van der Waals surface area contributed by atoms with Gasteiger partial charge in [0.25, 0.3) is 5.91 Å². The molecule has 0 spiro atoms. The van der Waals surface area contributed by atoms with Gasteiger partial charge in [-0.25, -0.2) is 4.79 Å². The van der Waals surface area contributed by atoms with Crippen molar-refractivity contribution in [2.45, 2.75) is 19.3 Å². The Balaban J connectivity index is 2.00. The fourth-order valence-corrected chi connectivity index (χ4v) is 2.59. The highest BCUT2D eigenvalue weighted by Crippen LogP contribution is 2.33. The molecule has 3 rings (SSSR count). The van der Waals surface area contributed by atoms with Crippen LogP contribution in [0.4, 0.5) is 0 Å². The molecule has 0 aliphatic carbocycles. The lowest BCUT2D eigenvalue weighted by atomic mass is 9.78. The molecule has 0 atom stereocenters. The summed E-state index contributed by atoms with van der Waals surface area (Å²) in [6.45, 7) is 0.141. The van der Waals surface area contributed by atoms with Crippen LogP contribution in [0.5, 0.6) is 5.75 Å². The van der Waals surface area contributed by atoms with E-state index in [-0.39, 0.29) is 23.6 Å². The fourth-order valence-electron chi connectivity index (χ4n) is 2.59. The molecule has 8 nitrogen and oxygen atoms in total. The highest BCUT2D eigenvalue weighted by molar-refractivity contribution is 6.44. The molecule has 1 aromatic carbocycles. The number of primary amides is 1. The molecule has 1 aliphatic heterocycles. The third-order valence-corrected chi connectivity index (χ3v) is 3.68. The lowest BCUT2D eigenvalue weighted by Crippen LogP contribution is -2.28. The average molecular weight is 315 g/mol. The van der Waals surface area contributed by atoms with Crippen LogP contribution in [-0.4, -0.2) is 38.9 Å². The van der Waals surface area contributed by atoms with Gasteiger partial charge in [-0.1, -0.05) is 12.1 Å². The molecule has 9 heteroatoms. The van der Waals surface area contributed by atoms with Gasteiger partial charge in [-0.05, 0) is 29.9 Å². The van der Waals surface area contributed by atoms with E-state index in [1.165, 1.54) is 10.7 Å². The maximum Gasteiger partial charge on any atom is 0.522 e. The summed E-state index contributed by atoms with van der Waals surface area (Å²) < 4.78 is 6.74. The van der Waals surface area contributed by atoms with Gasteiger partial charge in [0.1, 0.15) is 17.0 Å². The number of benzene rings is 1. The normalized spacial score (nSPS) is 13.3. The number of nitrogens with two attached hydrogens (primary N) is 1. The van der Waals surface area contributed by atoms with Gasteiger partial charge in [-0.15, -0.1) is 0 Å². The van der Waals surface area contributed by atoms with Crippen molar-refractivity contribution in [2.75, 3.05) is 0 Å². The fraction of sp³-hybridized carbons (Fsp3) is 0.214. The third-order valence-electron chi connectivity index (χ3n) is 3.68. The summed E-state index contributed by atoms with van der Waals surface area (Å²) in [5.41, 5.74) is 6.46. The summed E-state index contributed by atoms with van der Waals surface area (Å²) in [5.74, 6) is -1.61. The second-order valence-corrected chi connectivity index (χ2v) is 5.27. The van der Waals surface area contributed by atoms with E-state index in [2.05, 4.69) is 5.10 Å². The average Bonchev–Trinajstić information content (AvgIpc) is 2.95. The zero-order valence-electron chi connectivity index (χ0n) is 12.1. The molecular weight excluding hydrogens is 301 g/mol. The Hall–Kier alpha value is -2.81. The molecule has 0 fully saturated rings. The summed E-state index contributed by atoms with van der Waals surface area (Å²) in [6, 6.07) is 4.93. The molecule has 0 unspecified atom stereocenters. The van der Waals surface area contributed by atoms with Crippen LogP contribution in [-0.2, 0) is 13.0 Å². The standard InChI is InChI=1S/C14H14BN3O5/c16-13(19)10-4-6-18(17-10)7-9-2-1-8-3-5-15(22)23-12(8)11(9)14(20)21/h1-2,4,6,22H,3,5,7H2,(H2,16,19)(H,20,21). The molecule has 0 bridgehead atoms. The van der Waals surface area contributed by atoms with Crippen molar-refractivity contribution < 1.29 is 24.4 Å². The minimum Gasteiger partial charge on any atom is -0.535 e. The molecule has 2 aromatic rings. The number of carboxylic acids is 1. The van der Waals surface area contributed by atoms with E-state index in [0.29, 0.717) is 18.3 Å². The zero-order chi connectivity index (χ0) is 16.6. The van der Waals surface area contributed by atoms with Crippen LogP contribution >= 0.6 is 0 Å². The van der Waals surface area contributed by atoms with Gasteiger partial charge >= 0.3 is 13.1 Å². The molecule has 1 aliphatic rings. The molecule has 1 amide bonds. The summed E-state index contributed by atoms with van der Waals surface area (Å²) in [5, 5.41) is 23.1. The van der Waals surface area contributed by atoms with Gasteiger partial charge in [0.15, 0.2) is 0 Å². The first-order valence-corrected chi connectivity index (χ1v) is 7.01. The third kappa shape index (κ3) is 2.91. The number of nitrogens with zero attached hydrogens (tertiary/aromatic N) is 2. The second-order valence-electron chi connectivity index (χ2n) is 5.27.